The second-order valence-electron chi connectivity index (χ2n) is 4.87. The minimum atomic E-state index is -0.229. The number of likely N-dealkylation sites (N-methyl/N-ethyl adjacent to an activating group) is 1. The zero-order chi connectivity index (χ0) is 15.7. The number of nitrogens with two attached hydrogens (primary N) is 1. The van der Waals surface area contributed by atoms with E-state index in [4.69, 9.17) is 5.73 Å². The molecule has 0 spiro atoms. The summed E-state index contributed by atoms with van der Waals surface area (Å²) >= 11 is 0. The fourth-order valence-electron chi connectivity index (χ4n) is 1.84. The molecule has 0 atom stereocenters. The van der Waals surface area contributed by atoms with E-state index in [0.29, 0.717) is 25.9 Å². The molecule has 21 heavy (non-hydrogen) atoms. The van der Waals surface area contributed by atoms with Gasteiger partial charge in [-0.3, -0.25) is 14.5 Å². The first-order valence-corrected chi connectivity index (χ1v) is 6.89. The van der Waals surface area contributed by atoms with Crippen molar-refractivity contribution in [3.8, 4) is 0 Å². The molecule has 1 amide bonds. The molecule has 0 unspecified atom stereocenters. The number of amides is 1. The highest BCUT2D eigenvalue weighted by Crippen LogP contribution is 2.09. The molecular formula is C15H23N3O3. The summed E-state index contributed by atoms with van der Waals surface area (Å²) in [5, 5.41) is 2.82. The number of anilines is 1. The van der Waals surface area contributed by atoms with Gasteiger partial charge in [-0.25, -0.2) is 0 Å². The molecule has 0 aliphatic heterocycles. The SMILES string of the molecule is COC(=O)CCCN(C)CC(=O)Nc1ccc(CN)cc1. The summed E-state index contributed by atoms with van der Waals surface area (Å²) in [6.45, 7) is 1.42. The Kier molecular flexibility index (Phi) is 7.42. The molecule has 3 N–H and O–H groups in total. The Morgan fingerprint density at radius 3 is 2.52 bits per heavy atom. The summed E-state index contributed by atoms with van der Waals surface area (Å²) < 4.78 is 4.57. The number of hydrogen-bond donors (Lipinski definition) is 2. The lowest BCUT2D eigenvalue weighted by atomic mass is 10.2. The smallest absolute Gasteiger partial charge is 0.305 e. The van der Waals surface area contributed by atoms with E-state index in [1.807, 2.05) is 36.2 Å². The summed E-state index contributed by atoms with van der Waals surface area (Å²) in [5.41, 5.74) is 7.29. The van der Waals surface area contributed by atoms with Gasteiger partial charge >= 0.3 is 5.97 Å². The highest BCUT2D eigenvalue weighted by atomic mass is 16.5. The first kappa shape index (κ1) is 17.1. The number of benzene rings is 1. The summed E-state index contributed by atoms with van der Waals surface area (Å²) in [6.07, 6.45) is 1.03. The normalized spacial score (nSPS) is 10.5. The van der Waals surface area contributed by atoms with Crippen molar-refractivity contribution >= 4 is 17.6 Å². The number of carbonyl (C=O) groups is 2. The van der Waals surface area contributed by atoms with Gasteiger partial charge < -0.3 is 15.8 Å². The Bertz CT molecular complexity index is 460. The van der Waals surface area contributed by atoms with Crippen LogP contribution in [0.2, 0.25) is 0 Å². The lowest BCUT2D eigenvalue weighted by Crippen LogP contribution is -2.31. The largest absolute Gasteiger partial charge is 0.469 e. The van der Waals surface area contributed by atoms with Crippen LogP contribution in [0, 0.1) is 0 Å². The molecule has 0 radical (unpaired) electrons. The summed E-state index contributed by atoms with van der Waals surface area (Å²) in [4.78, 5) is 24.7. The Labute approximate surface area is 125 Å². The highest BCUT2D eigenvalue weighted by molar-refractivity contribution is 5.92. The molecule has 1 aromatic rings. The Morgan fingerprint density at radius 2 is 1.95 bits per heavy atom. The van der Waals surface area contributed by atoms with Crippen LogP contribution in [0.1, 0.15) is 18.4 Å². The maximum absolute atomic E-state index is 11.9. The van der Waals surface area contributed by atoms with Crippen LogP contribution in [0.4, 0.5) is 5.69 Å². The number of esters is 1. The van der Waals surface area contributed by atoms with Crippen LogP contribution in [0.15, 0.2) is 24.3 Å². The van der Waals surface area contributed by atoms with Crippen LogP contribution in [0.3, 0.4) is 0 Å². The van der Waals surface area contributed by atoms with Crippen LogP contribution in [-0.4, -0.2) is 44.0 Å². The van der Waals surface area contributed by atoms with E-state index >= 15 is 0 Å². The Balaban J connectivity index is 2.30. The predicted octanol–water partition coefficient (Wildman–Crippen LogP) is 0.969. The van der Waals surface area contributed by atoms with Gasteiger partial charge in [0.25, 0.3) is 0 Å². The van der Waals surface area contributed by atoms with Crippen molar-refractivity contribution in [2.45, 2.75) is 19.4 Å². The molecular weight excluding hydrogens is 270 g/mol. The molecule has 0 fully saturated rings. The van der Waals surface area contributed by atoms with E-state index in [9.17, 15) is 9.59 Å². The fourth-order valence-corrected chi connectivity index (χ4v) is 1.84. The maximum Gasteiger partial charge on any atom is 0.305 e. The molecule has 6 heteroatoms. The van der Waals surface area contributed by atoms with Crippen LogP contribution < -0.4 is 11.1 Å². The van der Waals surface area contributed by atoms with Crippen LogP contribution in [-0.2, 0) is 20.9 Å². The van der Waals surface area contributed by atoms with Gasteiger partial charge in [0, 0.05) is 18.7 Å². The third-order valence-corrected chi connectivity index (χ3v) is 3.04. The maximum atomic E-state index is 11.9. The second-order valence-corrected chi connectivity index (χ2v) is 4.87. The van der Waals surface area contributed by atoms with Crippen LogP contribution >= 0.6 is 0 Å². The second kappa shape index (κ2) is 9.10. The predicted molar refractivity (Wildman–Crippen MR) is 81.7 cm³/mol. The van der Waals surface area contributed by atoms with Gasteiger partial charge in [-0.15, -0.1) is 0 Å². The standard InChI is InChI=1S/C15H23N3O3/c1-18(9-3-4-15(20)21-2)11-14(19)17-13-7-5-12(10-16)6-8-13/h5-8H,3-4,9-11,16H2,1-2H3,(H,17,19). The average molecular weight is 293 g/mol. The number of nitrogens with one attached hydrogen (secondary N) is 1. The quantitative estimate of drug-likeness (QED) is 0.698. The van der Waals surface area contributed by atoms with Crippen molar-refractivity contribution in [3.63, 3.8) is 0 Å². The summed E-state index contributed by atoms with van der Waals surface area (Å²) in [5.74, 6) is -0.316. The zero-order valence-corrected chi connectivity index (χ0v) is 12.6. The monoisotopic (exact) mass is 293 g/mol. The van der Waals surface area contributed by atoms with Gasteiger partial charge in [0.2, 0.25) is 5.91 Å². The van der Waals surface area contributed by atoms with Crippen molar-refractivity contribution in [2.75, 3.05) is 32.6 Å². The van der Waals surface area contributed by atoms with Crippen molar-refractivity contribution in [3.05, 3.63) is 29.8 Å². The number of carbonyl (C=O) groups excluding carboxylic acids is 2. The topological polar surface area (TPSA) is 84.7 Å². The van der Waals surface area contributed by atoms with Gasteiger partial charge in [-0.1, -0.05) is 12.1 Å². The van der Waals surface area contributed by atoms with E-state index in [-0.39, 0.29) is 18.4 Å². The van der Waals surface area contributed by atoms with Gasteiger partial charge in [0.1, 0.15) is 0 Å². The molecule has 1 rings (SSSR count). The zero-order valence-electron chi connectivity index (χ0n) is 12.6. The molecule has 0 aliphatic rings. The molecule has 0 aromatic heterocycles. The average Bonchev–Trinajstić information content (AvgIpc) is 2.47. The first-order valence-electron chi connectivity index (χ1n) is 6.89. The molecule has 0 saturated carbocycles. The van der Waals surface area contributed by atoms with Crippen molar-refractivity contribution in [1.29, 1.82) is 0 Å². The number of rotatable bonds is 8. The lowest BCUT2D eigenvalue weighted by molar-refractivity contribution is -0.140. The molecule has 0 saturated heterocycles. The number of hydrogen-bond acceptors (Lipinski definition) is 5. The molecule has 0 bridgehead atoms. The van der Waals surface area contributed by atoms with Crippen molar-refractivity contribution in [1.82, 2.24) is 4.90 Å². The minimum absolute atomic E-state index is 0.0870. The number of ether oxygens (including phenoxy) is 1. The molecule has 0 heterocycles. The first-order chi connectivity index (χ1) is 10.0. The van der Waals surface area contributed by atoms with Gasteiger partial charge in [-0.2, -0.15) is 0 Å². The number of nitrogens with zero attached hydrogens (tertiary/aromatic N) is 1. The van der Waals surface area contributed by atoms with Gasteiger partial charge in [-0.05, 0) is 37.7 Å². The van der Waals surface area contributed by atoms with E-state index < -0.39 is 0 Å². The van der Waals surface area contributed by atoms with Crippen molar-refractivity contribution in [2.24, 2.45) is 5.73 Å². The third-order valence-electron chi connectivity index (χ3n) is 3.04. The lowest BCUT2D eigenvalue weighted by Gasteiger charge is -2.15. The van der Waals surface area contributed by atoms with E-state index in [0.717, 1.165) is 11.3 Å². The molecule has 1 aromatic carbocycles. The molecule has 0 aliphatic carbocycles. The van der Waals surface area contributed by atoms with E-state index in [1.54, 1.807) is 0 Å². The molecule has 6 nitrogen and oxygen atoms in total. The Hall–Kier alpha value is -1.92. The number of methoxy groups -OCH3 is 1. The highest BCUT2D eigenvalue weighted by Gasteiger charge is 2.08. The Morgan fingerprint density at radius 1 is 1.29 bits per heavy atom. The van der Waals surface area contributed by atoms with Gasteiger partial charge in [0.05, 0.1) is 13.7 Å². The van der Waals surface area contributed by atoms with Crippen LogP contribution in [0.5, 0.6) is 0 Å². The summed E-state index contributed by atoms with van der Waals surface area (Å²) in [7, 11) is 3.21. The van der Waals surface area contributed by atoms with E-state index in [2.05, 4.69) is 10.1 Å². The molecule has 116 valence electrons. The van der Waals surface area contributed by atoms with Crippen LogP contribution in [0.25, 0.3) is 0 Å². The van der Waals surface area contributed by atoms with E-state index in [1.165, 1.54) is 7.11 Å². The van der Waals surface area contributed by atoms with Crippen molar-refractivity contribution < 1.29 is 14.3 Å². The van der Waals surface area contributed by atoms with Gasteiger partial charge in [0.15, 0.2) is 0 Å². The third kappa shape index (κ3) is 6.87. The minimum Gasteiger partial charge on any atom is -0.469 e. The fraction of sp³-hybridized carbons (Fsp3) is 0.467. The summed E-state index contributed by atoms with van der Waals surface area (Å²) in [6, 6.07) is 7.43.